The van der Waals surface area contributed by atoms with Crippen LogP contribution in [0.5, 0.6) is 0 Å². The van der Waals surface area contributed by atoms with Crippen molar-refractivity contribution in [3.8, 4) is 6.07 Å². The maximum absolute atomic E-state index is 12.0. The van der Waals surface area contributed by atoms with Crippen LogP contribution in [0.2, 0.25) is 0 Å². The molecule has 24 heavy (non-hydrogen) atoms. The van der Waals surface area contributed by atoms with Crippen molar-refractivity contribution in [1.82, 2.24) is 10.2 Å². The van der Waals surface area contributed by atoms with Crippen LogP contribution >= 0.6 is 0 Å². The molecule has 0 aliphatic carbocycles. The van der Waals surface area contributed by atoms with E-state index in [-0.39, 0.29) is 18.4 Å². The number of rotatable bonds is 5. The van der Waals surface area contributed by atoms with Crippen LogP contribution in [0, 0.1) is 11.3 Å². The maximum Gasteiger partial charge on any atom is 0.407 e. The smallest absolute Gasteiger partial charge is 0.407 e. The molecule has 6 nitrogen and oxygen atoms in total. The Bertz CT molecular complexity index is 610. The fourth-order valence-electron chi connectivity index (χ4n) is 2.04. The summed E-state index contributed by atoms with van der Waals surface area (Å²) in [5, 5.41) is 11.6. The van der Waals surface area contributed by atoms with Gasteiger partial charge in [0, 0.05) is 26.6 Å². The van der Waals surface area contributed by atoms with E-state index in [4.69, 9.17) is 10.00 Å². The molecule has 0 aliphatic rings. The number of amides is 2. The summed E-state index contributed by atoms with van der Waals surface area (Å²) in [5.74, 6) is -0.0790. The Labute approximate surface area is 143 Å². The summed E-state index contributed by atoms with van der Waals surface area (Å²) in [6, 6.07) is 8.75. The number of hydrogen-bond donors (Lipinski definition) is 1. The molecule has 0 heterocycles. The van der Waals surface area contributed by atoms with E-state index in [9.17, 15) is 9.59 Å². The molecule has 0 saturated heterocycles. The molecule has 6 heteroatoms. The molecule has 0 spiro atoms. The number of hydrogen-bond acceptors (Lipinski definition) is 4. The van der Waals surface area contributed by atoms with Gasteiger partial charge in [0.1, 0.15) is 5.60 Å². The second-order valence-corrected chi connectivity index (χ2v) is 6.85. The molecule has 1 rings (SSSR count). The summed E-state index contributed by atoms with van der Waals surface area (Å²) in [4.78, 5) is 25.5. The van der Waals surface area contributed by atoms with E-state index in [2.05, 4.69) is 11.4 Å². The summed E-state index contributed by atoms with van der Waals surface area (Å²) in [5.41, 5.74) is 0.899. The summed E-state index contributed by atoms with van der Waals surface area (Å²) < 4.78 is 5.27. The van der Waals surface area contributed by atoms with E-state index >= 15 is 0 Å². The predicted molar refractivity (Wildman–Crippen MR) is 91.3 cm³/mol. The number of alkyl carbamates (subject to hydrolysis) is 1. The molecule has 1 aromatic carbocycles. The van der Waals surface area contributed by atoms with Crippen LogP contribution in [0.1, 0.15) is 38.3 Å². The minimum atomic E-state index is -0.603. The van der Waals surface area contributed by atoms with Crippen molar-refractivity contribution in [3.63, 3.8) is 0 Å². The van der Waals surface area contributed by atoms with Gasteiger partial charge >= 0.3 is 6.09 Å². The molecular formula is C18H25N3O3. The van der Waals surface area contributed by atoms with Crippen LogP contribution in [0.25, 0.3) is 0 Å². The molecule has 1 N–H and O–H groups in total. The summed E-state index contributed by atoms with van der Waals surface area (Å²) in [6.07, 6.45) is 0.101. The number of benzene rings is 1. The third-order valence-electron chi connectivity index (χ3n) is 3.21. The second-order valence-electron chi connectivity index (χ2n) is 6.85. The van der Waals surface area contributed by atoms with Gasteiger partial charge in [-0.1, -0.05) is 12.1 Å². The van der Waals surface area contributed by atoms with E-state index in [1.54, 1.807) is 47.0 Å². The summed E-state index contributed by atoms with van der Waals surface area (Å²) >= 11 is 0. The number of nitrogens with one attached hydrogen (secondary N) is 1. The minimum absolute atomic E-state index is 0.0790. The van der Waals surface area contributed by atoms with Gasteiger partial charge in [-0.25, -0.2) is 4.79 Å². The van der Waals surface area contributed by atoms with E-state index in [0.717, 1.165) is 5.56 Å². The molecule has 1 atom stereocenters. The molecule has 0 saturated carbocycles. The van der Waals surface area contributed by atoms with Crippen LogP contribution in [0.15, 0.2) is 24.3 Å². The first-order valence-corrected chi connectivity index (χ1v) is 7.79. The molecule has 1 aromatic rings. The van der Waals surface area contributed by atoms with Crippen molar-refractivity contribution in [2.45, 2.75) is 45.3 Å². The van der Waals surface area contributed by atoms with Gasteiger partial charge in [0.15, 0.2) is 0 Å². The average molecular weight is 331 g/mol. The highest BCUT2D eigenvalue weighted by molar-refractivity contribution is 5.77. The number of nitrogens with zero attached hydrogens (tertiary/aromatic N) is 2. The molecule has 0 fully saturated rings. The van der Waals surface area contributed by atoms with Gasteiger partial charge in [-0.05, 0) is 44.9 Å². The van der Waals surface area contributed by atoms with E-state index < -0.39 is 11.7 Å². The number of carbonyl (C=O) groups is 2. The first kappa shape index (κ1) is 19.5. The zero-order valence-corrected chi connectivity index (χ0v) is 14.9. The van der Waals surface area contributed by atoms with Crippen molar-refractivity contribution >= 4 is 12.0 Å². The number of carbonyl (C=O) groups excluding carboxylic acids is 2. The highest BCUT2D eigenvalue weighted by Gasteiger charge is 2.22. The van der Waals surface area contributed by atoms with Gasteiger partial charge in [0.05, 0.1) is 11.6 Å². The first-order chi connectivity index (χ1) is 11.1. The Morgan fingerprint density at radius 3 is 2.29 bits per heavy atom. The fourth-order valence-corrected chi connectivity index (χ4v) is 2.04. The largest absolute Gasteiger partial charge is 0.444 e. The van der Waals surface area contributed by atoms with E-state index in [1.807, 2.05) is 12.1 Å². The molecule has 0 bridgehead atoms. The van der Waals surface area contributed by atoms with Crippen molar-refractivity contribution < 1.29 is 14.3 Å². The molecule has 0 aliphatic heterocycles. The van der Waals surface area contributed by atoms with Crippen molar-refractivity contribution in [2.24, 2.45) is 0 Å². The Hall–Kier alpha value is -2.55. The molecule has 2 amide bonds. The first-order valence-electron chi connectivity index (χ1n) is 7.79. The standard InChI is InChI=1S/C18H25N3O3/c1-18(2,3)24-17(23)20-15(11-16(22)21(4)5)10-13-6-8-14(12-19)9-7-13/h6-9,15H,10-11H2,1-5H3,(H,20,23)/t15-/m1/s1. The lowest BCUT2D eigenvalue weighted by molar-refractivity contribution is -0.129. The monoisotopic (exact) mass is 331 g/mol. The van der Waals surface area contributed by atoms with E-state index in [1.165, 1.54) is 4.90 Å². The van der Waals surface area contributed by atoms with E-state index in [0.29, 0.717) is 12.0 Å². The summed E-state index contributed by atoms with van der Waals surface area (Å²) in [6.45, 7) is 5.35. The van der Waals surface area contributed by atoms with Gasteiger partial charge in [-0.15, -0.1) is 0 Å². The lowest BCUT2D eigenvalue weighted by Crippen LogP contribution is -2.42. The Balaban J connectivity index is 2.81. The van der Waals surface area contributed by atoms with Crippen LogP contribution < -0.4 is 5.32 Å². The van der Waals surface area contributed by atoms with Gasteiger partial charge in [0.25, 0.3) is 0 Å². The van der Waals surface area contributed by atoms with Crippen LogP contribution in [0.3, 0.4) is 0 Å². The highest BCUT2D eigenvalue weighted by atomic mass is 16.6. The predicted octanol–water partition coefficient (Wildman–Crippen LogP) is 2.47. The van der Waals surface area contributed by atoms with Crippen LogP contribution in [-0.4, -0.2) is 42.6 Å². The lowest BCUT2D eigenvalue weighted by Gasteiger charge is -2.24. The van der Waals surface area contributed by atoms with Gasteiger partial charge in [-0.3, -0.25) is 4.79 Å². The Kier molecular flexibility index (Phi) is 6.78. The summed E-state index contributed by atoms with van der Waals surface area (Å²) in [7, 11) is 3.35. The van der Waals surface area contributed by atoms with Crippen LogP contribution in [-0.2, 0) is 16.0 Å². The SMILES string of the molecule is CN(C)C(=O)C[C@@H](Cc1ccc(C#N)cc1)NC(=O)OC(C)(C)C. The maximum atomic E-state index is 12.0. The topological polar surface area (TPSA) is 82.4 Å². The molecule has 0 radical (unpaired) electrons. The lowest BCUT2D eigenvalue weighted by atomic mass is 10.0. The quantitative estimate of drug-likeness (QED) is 0.898. The fraction of sp³-hybridized carbons (Fsp3) is 0.500. The second kappa shape index (κ2) is 8.34. The van der Waals surface area contributed by atoms with Gasteiger partial charge < -0.3 is 15.0 Å². The number of ether oxygens (including phenoxy) is 1. The van der Waals surface area contributed by atoms with Gasteiger partial charge in [0.2, 0.25) is 5.91 Å². The molecule has 0 aromatic heterocycles. The van der Waals surface area contributed by atoms with Crippen molar-refractivity contribution in [2.75, 3.05) is 14.1 Å². The van der Waals surface area contributed by atoms with Gasteiger partial charge in [-0.2, -0.15) is 5.26 Å². The normalized spacial score (nSPS) is 12.0. The zero-order chi connectivity index (χ0) is 18.3. The minimum Gasteiger partial charge on any atom is -0.444 e. The molecule has 130 valence electrons. The van der Waals surface area contributed by atoms with Crippen molar-refractivity contribution in [3.05, 3.63) is 35.4 Å². The third-order valence-corrected chi connectivity index (χ3v) is 3.21. The zero-order valence-electron chi connectivity index (χ0n) is 14.9. The third kappa shape index (κ3) is 7.14. The highest BCUT2D eigenvalue weighted by Crippen LogP contribution is 2.11. The molecule has 0 unspecified atom stereocenters. The van der Waals surface area contributed by atoms with Crippen LogP contribution in [0.4, 0.5) is 4.79 Å². The average Bonchev–Trinajstić information content (AvgIpc) is 2.45. The molecular weight excluding hydrogens is 306 g/mol. The number of nitriles is 1. The van der Waals surface area contributed by atoms with Crippen molar-refractivity contribution in [1.29, 1.82) is 5.26 Å². The Morgan fingerprint density at radius 1 is 1.25 bits per heavy atom. The Morgan fingerprint density at radius 2 is 1.83 bits per heavy atom.